The summed E-state index contributed by atoms with van der Waals surface area (Å²) in [4.78, 5) is 14.4. The van der Waals surface area contributed by atoms with Gasteiger partial charge in [-0.3, -0.25) is 4.79 Å². The van der Waals surface area contributed by atoms with Gasteiger partial charge in [0.25, 0.3) is 5.91 Å². The predicted molar refractivity (Wildman–Crippen MR) is 116 cm³/mol. The summed E-state index contributed by atoms with van der Waals surface area (Å²) in [5.41, 5.74) is 5.46. The van der Waals surface area contributed by atoms with Crippen molar-refractivity contribution >= 4 is 11.6 Å². The Morgan fingerprint density at radius 1 is 1.10 bits per heavy atom. The van der Waals surface area contributed by atoms with Crippen molar-refractivity contribution in [2.75, 3.05) is 26.1 Å². The van der Waals surface area contributed by atoms with E-state index >= 15 is 0 Å². The molecule has 0 aliphatic carbocycles. The van der Waals surface area contributed by atoms with E-state index in [1.807, 2.05) is 39.0 Å². The molecule has 3 atom stereocenters. The van der Waals surface area contributed by atoms with E-state index in [9.17, 15) is 4.79 Å². The number of hydrogen-bond donors (Lipinski definition) is 2. The predicted octanol–water partition coefficient (Wildman–Crippen LogP) is 3.38. The fourth-order valence-electron chi connectivity index (χ4n) is 4.63. The van der Waals surface area contributed by atoms with Crippen LogP contribution in [0.25, 0.3) is 0 Å². The van der Waals surface area contributed by atoms with Crippen molar-refractivity contribution in [3.63, 3.8) is 0 Å². The van der Waals surface area contributed by atoms with Crippen LogP contribution >= 0.6 is 0 Å². The molecule has 29 heavy (non-hydrogen) atoms. The van der Waals surface area contributed by atoms with E-state index < -0.39 is 0 Å². The first-order chi connectivity index (χ1) is 13.8. The van der Waals surface area contributed by atoms with Crippen LogP contribution in [0.3, 0.4) is 0 Å². The van der Waals surface area contributed by atoms with Crippen LogP contribution in [-0.2, 0) is 4.79 Å². The Balaban J connectivity index is 1.83. The minimum absolute atomic E-state index is 0.0591. The molecular formula is C24H33N2O3+. The van der Waals surface area contributed by atoms with Crippen LogP contribution in [0.1, 0.15) is 48.1 Å². The molecule has 1 unspecified atom stereocenters. The second kappa shape index (κ2) is 8.87. The maximum absolute atomic E-state index is 13.2. The average molecular weight is 398 g/mol. The number of carbonyl (C=O) groups is 1. The molecule has 1 fully saturated rings. The van der Waals surface area contributed by atoms with Gasteiger partial charge in [0.15, 0.2) is 6.04 Å². The van der Waals surface area contributed by atoms with Crippen LogP contribution in [0.5, 0.6) is 11.5 Å². The smallest absolute Gasteiger partial charge is 0.282 e. The SMILES string of the molecule is COc1ccc(OC)c([C@H]2CCC[NH+]2[C@@H](C)C(=O)Nc2c(C)cc(C)cc2C)c1. The molecule has 2 aromatic rings. The van der Waals surface area contributed by atoms with Crippen molar-refractivity contribution in [2.45, 2.75) is 52.6 Å². The van der Waals surface area contributed by atoms with E-state index in [-0.39, 0.29) is 18.0 Å². The van der Waals surface area contributed by atoms with Crippen molar-refractivity contribution in [2.24, 2.45) is 0 Å². The summed E-state index contributed by atoms with van der Waals surface area (Å²) in [7, 11) is 3.37. The molecule has 1 saturated heterocycles. The van der Waals surface area contributed by atoms with Crippen molar-refractivity contribution < 1.29 is 19.2 Å². The Kier molecular flexibility index (Phi) is 6.48. The molecule has 2 N–H and O–H groups in total. The number of carbonyl (C=O) groups excluding carboxylic acids is 1. The quantitative estimate of drug-likeness (QED) is 0.786. The van der Waals surface area contributed by atoms with Crippen LogP contribution in [0.2, 0.25) is 0 Å². The van der Waals surface area contributed by atoms with Crippen LogP contribution in [-0.4, -0.2) is 32.7 Å². The van der Waals surface area contributed by atoms with E-state index in [0.717, 1.165) is 53.3 Å². The summed E-state index contributed by atoms with van der Waals surface area (Å²) in [6, 6.07) is 10.2. The van der Waals surface area contributed by atoms with E-state index in [2.05, 4.69) is 24.4 Å². The summed E-state index contributed by atoms with van der Waals surface area (Å²) in [5, 5.41) is 3.19. The molecule has 2 aromatic carbocycles. The largest absolute Gasteiger partial charge is 0.497 e. The van der Waals surface area contributed by atoms with Gasteiger partial charge in [-0.05, 0) is 57.0 Å². The number of ether oxygens (including phenoxy) is 2. The van der Waals surface area contributed by atoms with Crippen molar-refractivity contribution in [3.8, 4) is 11.5 Å². The zero-order valence-corrected chi connectivity index (χ0v) is 18.4. The molecule has 156 valence electrons. The Bertz CT molecular complexity index is 871. The molecule has 5 heteroatoms. The molecule has 0 saturated carbocycles. The topological polar surface area (TPSA) is 52.0 Å². The van der Waals surface area contributed by atoms with E-state index in [4.69, 9.17) is 9.47 Å². The van der Waals surface area contributed by atoms with E-state index in [1.54, 1.807) is 14.2 Å². The minimum atomic E-state index is -0.168. The summed E-state index contributed by atoms with van der Waals surface area (Å²) in [5.74, 6) is 1.73. The number of rotatable bonds is 6. The first kappa shape index (κ1) is 21.2. The molecule has 1 aliphatic rings. The van der Waals surface area contributed by atoms with Gasteiger partial charge in [-0.2, -0.15) is 0 Å². The summed E-state index contributed by atoms with van der Waals surface area (Å²) < 4.78 is 11.0. The van der Waals surface area contributed by atoms with Crippen molar-refractivity contribution in [3.05, 3.63) is 52.6 Å². The van der Waals surface area contributed by atoms with Gasteiger partial charge in [-0.1, -0.05) is 17.7 Å². The molecule has 3 rings (SSSR count). The molecular weight excluding hydrogens is 364 g/mol. The van der Waals surface area contributed by atoms with Gasteiger partial charge >= 0.3 is 0 Å². The summed E-state index contributed by atoms with van der Waals surface area (Å²) in [6.45, 7) is 9.16. The van der Waals surface area contributed by atoms with Crippen LogP contribution < -0.4 is 19.7 Å². The number of anilines is 1. The van der Waals surface area contributed by atoms with Gasteiger partial charge in [0, 0.05) is 18.5 Å². The number of benzene rings is 2. The zero-order valence-electron chi connectivity index (χ0n) is 18.4. The third-order valence-corrected chi connectivity index (χ3v) is 6.09. The van der Waals surface area contributed by atoms with Crippen LogP contribution in [0, 0.1) is 20.8 Å². The molecule has 0 radical (unpaired) electrons. The molecule has 1 heterocycles. The van der Waals surface area contributed by atoms with Gasteiger partial charge in [0.05, 0.1) is 26.3 Å². The van der Waals surface area contributed by atoms with Crippen LogP contribution in [0.4, 0.5) is 5.69 Å². The van der Waals surface area contributed by atoms with Crippen LogP contribution in [0.15, 0.2) is 30.3 Å². The second-order valence-electron chi connectivity index (χ2n) is 8.11. The number of quaternary nitrogens is 1. The zero-order chi connectivity index (χ0) is 21.1. The highest BCUT2D eigenvalue weighted by Gasteiger charge is 2.38. The molecule has 0 spiro atoms. The highest BCUT2D eigenvalue weighted by molar-refractivity contribution is 5.95. The molecule has 0 aromatic heterocycles. The Morgan fingerprint density at radius 3 is 2.41 bits per heavy atom. The average Bonchev–Trinajstić information content (AvgIpc) is 3.18. The third kappa shape index (κ3) is 4.40. The lowest BCUT2D eigenvalue weighted by molar-refractivity contribution is -0.932. The maximum atomic E-state index is 13.2. The lowest BCUT2D eigenvalue weighted by atomic mass is 10.0. The van der Waals surface area contributed by atoms with Gasteiger partial charge in [-0.15, -0.1) is 0 Å². The summed E-state index contributed by atoms with van der Waals surface area (Å²) >= 11 is 0. The lowest BCUT2D eigenvalue weighted by Gasteiger charge is -2.28. The van der Waals surface area contributed by atoms with Gasteiger partial charge in [0.1, 0.15) is 17.5 Å². The highest BCUT2D eigenvalue weighted by atomic mass is 16.5. The van der Waals surface area contributed by atoms with Crippen molar-refractivity contribution in [1.82, 2.24) is 0 Å². The molecule has 0 bridgehead atoms. The Morgan fingerprint density at radius 2 is 1.79 bits per heavy atom. The monoisotopic (exact) mass is 397 g/mol. The number of amides is 1. The Labute approximate surface area is 174 Å². The fraction of sp³-hybridized carbons (Fsp3) is 0.458. The standard InChI is InChI=1S/C24H32N2O3/c1-15-12-16(2)23(17(3)13-15)25-24(27)18(4)26-11-7-8-21(26)20-14-19(28-5)9-10-22(20)29-6/h9-10,12-14,18,21H,7-8,11H2,1-6H3,(H,25,27)/p+1/t18-,21+/m0/s1. The number of hydrogen-bond acceptors (Lipinski definition) is 3. The number of aryl methyl sites for hydroxylation is 3. The van der Waals surface area contributed by atoms with Gasteiger partial charge in [-0.25, -0.2) is 0 Å². The maximum Gasteiger partial charge on any atom is 0.282 e. The molecule has 1 amide bonds. The normalized spacial score (nSPS) is 19.7. The number of nitrogens with one attached hydrogen (secondary N) is 2. The first-order valence-corrected chi connectivity index (χ1v) is 10.3. The Hall–Kier alpha value is -2.53. The highest BCUT2D eigenvalue weighted by Crippen LogP contribution is 2.32. The number of methoxy groups -OCH3 is 2. The summed E-state index contributed by atoms with van der Waals surface area (Å²) in [6.07, 6.45) is 2.11. The van der Waals surface area contributed by atoms with E-state index in [1.165, 1.54) is 10.5 Å². The van der Waals surface area contributed by atoms with Gasteiger partial charge < -0.3 is 19.7 Å². The molecule has 5 nitrogen and oxygen atoms in total. The van der Waals surface area contributed by atoms with E-state index in [0.29, 0.717) is 0 Å². The molecule has 1 aliphatic heterocycles. The van der Waals surface area contributed by atoms with Gasteiger partial charge in [0.2, 0.25) is 0 Å². The minimum Gasteiger partial charge on any atom is -0.497 e. The first-order valence-electron chi connectivity index (χ1n) is 10.3. The second-order valence-corrected chi connectivity index (χ2v) is 8.11. The fourth-order valence-corrected chi connectivity index (χ4v) is 4.63. The van der Waals surface area contributed by atoms with Crippen molar-refractivity contribution in [1.29, 1.82) is 0 Å². The lowest BCUT2D eigenvalue weighted by Crippen LogP contribution is -3.15. The third-order valence-electron chi connectivity index (χ3n) is 6.09. The number of likely N-dealkylation sites (tertiary alicyclic amines) is 1.